The number of aliphatic hydroxyl groups is 1. The maximum Gasteiger partial charge on any atom is 0.0933 e. The van der Waals surface area contributed by atoms with Gasteiger partial charge in [0.2, 0.25) is 0 Å². The lowest BCUT2D eigenvalue weighted by atomic mass is 10.2. The van der Waals surface area contributed by atoms with Crippen molar-refractivity contribution in [3.8, 4) is 0 Å². The molecule has 1 fully saturated rings. The minimum absolute atomic E-state index is 0.0332. The molecule has 4 nitrogen and oxygen atoms in total. The molecule has 0 aromatic carbocycles. The highest BCUT2D eigenvalue weighted by Crippen LogP contribution is 2.17. The first-order chi connectivity index (χ1) is 7.29. The molecule has 1 aromatic heterocycles. The minimum Gasteiger partial charge on any atom is -0.394 e. The Hall–Kier alpha value is -0.490. The van der Waals surface area contributed by atoms with Crippen LogP contribution in [0.3, 0.4) is 0 Å². The van der Waals surface area contributed by atoms with E-state index in [2.05, 4.69) is 16.8 Å². The largest absolute Gasteiger partial charge is 0.394 e. The molecule has 2 rings (SSSR count). The minimum atomic E-state index is -0.0332. The van der Waals surface area contributed by atoms with Gasteiger partial charge in [-0.1, -0.05) is 0 Å². The van der Waals surface area contributed by atoms with Crippen molar-refractivity contribution in [2.45, 2.75) is 25.6 Å². The van der Waals surface area contributed by atoms with Crippen LogP contribution in [-0.2, 0) is 11.3 Å². The van der Waals surface area contributed by atoms with Gasteiger partial charge >= 0.3 is 0 Å². The number of hydrogen-bond donors (Lipinski definition) is 1. The molecule has 1 aliphatic heterocycles. The van der Waals surface area contributed by atoms with E-state index in [0.717, 1.165) is 13.1 Å². The number of thiazole rings is 1. The third-order valence-electron chi connectivity index (χ3n) is 2.68. The zero-order chi connectivity index (χ0) is 10.7. The lowest BCUT2D eigenvalue weighted by Crippen LogP contribution is -2.48. The van der Waals surface area contributed by atoms with Crippen LogP contribution in [-0.4, -0.2) is 46.9 Å². The highest BCUT2D eigenvalue weighted by Gasteiger charge is 2.25. The predicted molar refractivity (Wildman–Crippen MR) is 58.8 cm³/mol. The molecule has 84 valence electrons. The number of ether oxygens (including phenoxy) is 1. The van der Waals surface area contributed by atoms with Crippen LogP contribution in [0.4, 0.5) is 0 Å². The molecule has 1 aromatic rings. The van der Waals surface area contributed by atoms with Crippen molar-refractivity contribution >= 4 is 11.3 Å². The van der Waals surface area contributed by atoms with Crippen LogP contribution in [0, 0.1) is 0 Å². The fraction of sp³-hybridized carbons (Fsp3) is 0.700. The van der Waals surface area contributed by atoms with Crippen LogP contribution in [0.25, 0.3) is 0 Å². The fourth-order valence-corrected chi connectivity index (χ4v) is 2.35. The SMILES string of the molecule is CC1COC(CO)CN1Cc1cncs1. The number of morpholine rings is 1. The van der Waals surface area contributed by atoms with Crippen LogP contribution < -0.4 is 0 Å². The molecule has 2 heterocycles. The van der Waals surface area contributed by atoms with Gasteiger partial charge in [0.25, 0.3) is 0 Å². The molecular weight excluding hydrogens is 212 g/mol. The quantitative estimate of drug-likeness (QED) is 0.828. The zero-order valence-corrected chi connectivity index (χ0v) is 9.61. The Kier molecular flexibility index (Phi) is 3.69. The van der Waals surface area contributed by atoms with Crippen LogP contribution in [0.15, 0.2) is 11.7 Å². The molecule has 1 saturated heterocycles. The van der Waals surface area contributed by atoms with E-state index < -0.39 is 0 Å². The zero-order valence-electron chi connectivity index (χ0n) is 8.80. The summed E-state index contributed by atoms with van der Waals surface area (Å²) in [5, 5.41) is 9.06. The summed E-state index contributed by atoms with van der Waals surface area (Å²) in [5.74, 6) is 0. The van der Waals surface area contributed by atoms with Gasteiger partial charge in [0.05, 0.1) is 24.8 Å². The monoisotopic (exact) mass is 228 g/mol. The smallest absolute Gasteiger partial charge is 0.0933 e. The van der Waals surface area contributed by atoms with Crippen LogP contribution in [0.1, 0.15) is 11.8 Å². The molecular formula is C10H16N2O2S. The lowest BCUT2D eigenvalue weighted by Gasteiger charge is -2.37. The van der Waals surface area contributed by atoms with E-state index in [9.17, 15) is 0 Å². The molecule has 5 heteroatoms. The maximum atomic E-state index is 9.06. The molecule has 2 unspecified atom stereocenters. The first-order valence-corrected chi connectivity index (χ1v) is 6.01. The van der Waals surface area contributed by atoms with E-state index >= 15 is 0 Å². The molecule has 0 aliphatic carbocycles. The number of rotatable bonds is 3. The molecule has 0 bridgehead atoms. The van der Waals surface area contributed by atoms with Gasteiger partial charge in [-0.05, 0) is 6.92 Å². The molecule has 1 N–H and O–H groups in total. The second-order valence-corrected chi connectivity index (χ2v) is 4.86. The van der Waals surface area contributed by atoms with Gasteiger partial charge in [-0.25, -0.2) is 0 Å². The van der Waals surface area contributed by atoms with Crippen molar-refractivity contribution in [1.29, 1.82) is 0 Å². The van der Waals surface area contributed by atoms with Gasteiger partial charge in [0, 0.05) is 30.2 Å². The fourth-order valence-electron chi connectivity index (χ4n) is 1.73. The Morgan fingerprint density at radius 2 is 2.60 bits per heavy atom. The summed E-state index contributed by atoms with van der Waals surface area (Å²) in [6.07, 6.45) is 1.87. The first kappa shape index (κ1) is 11.0. The van der Waals surface area contributed by atoms with Gasteiger partial charge < -0.3 is 9.84 Å². The number of hydrogen-bond acceptors (Lipinski definition) is 5. The van der Waals surface area contributed by atoms with Gasteiger partial charge in [-0.3, -0.25) is 9.88 Å². The average Bonchev–Trinajstić information content (AvgIpc) is 2.74. The summed E-state index contributed by atoms with van der Waals surface area (Å²) in [4.78, 5) is 7.66. The van der Waals surface area contributed by atoms with Crippen molar-refractivity contribution in [3.63, 3.8) is 0 Å². The Morgan fingerprint density at radius 3 is 3.27 bits per heavy atom. The van der Waals surface area contributed by atoms with Crippen LogP contribution in [0.2, 0.25) is 0 Å². The molecule has 0 radical (unpaired) electrons. The number of nitrogens with zero attached hydrogens (tertiary/aromatic N) is 2. The van der Waals surface area contributed by atoms with Gasteiger partial charge in [-0.15, -0.1) is 11.3 Å². The standard InChI is InChI=1S/C10H16N2O2S/c1-8-6-14-9(5-13)3-12(8)4-10-2-11-7-15-10/h2,7-9,13H,3-6H2,1H3. The van der Waals surface area contributed by atoms with Crippen molar-refractivity contribution in [2.24, 2.45) is 0 Å². The van der Waals surface area contributed by atoms with Gasteiger partial charge in [0.1, 0.15) is 0 Å². The van der Waals surface area contributed by atoms with E-state index in [1.165, 1.54) is 4.88 Å². The number of aliphatic hydroxyl groups excluding tert-OH is 1. The molecule has 0 amide bonds. The molecule has 15 heavy (non-hydrogen) atoms. The van der Waals surface area contributed by atoms with E-state index in [1.54, 1.807) is 11.3 Å². The summed E-state index contributed by atoms with van der Waals surface area (Å²) in [7, 11) is 0. The summed E-state index contributed by atoms with van der Waals surface area (Å²) < 4.78 is 5.48. The molecule has 0 spiro atoms. The Labute approximate surface area is 93.5 Å². The maximum absolute atomic E-state index is 9.06. The van der Waals surface area contributed by atoms with Crippen molar-refractivity contribution in [3.05, 3.63) is 16.6 Å². The predicted octanol–water partition coefficient (Wildman–Crippen LogP) is 0.725. The van der Waals surface area contributed by atoms with E-state index in [4.69, 9.17) is 9.84 Å². The summed E-state index contributed by atoms with van der Waals surface area (Å²) >= 11 is 1.67. The first-order valence-electron chi connectivity index (χ1n) is 5.13. The Balaban J connectivity index is 1.94. The Bertz CT molecular complexity index is 292. The van der Waals surface area contributed by atoms with E-state index in [1.807, 2.05) is 11.7 Å². The number of aromatic nitrogens is 1. The van der Waals surface area contributed by atoms with Gasteiger partial charge in [0.15, 0.2) is 0 Å². The van der Waals surface area contributed by atoms with Crippen LogP contribution >= 0.6 is 11.3 Å². The average molecular weight is 228 g/mol. The van der Waals surface area contributed by atoms with Gasteiger partial charge in [-0.2, -0.15) is 0 Å². The third-order valence-corrected chi connectivity index (χ3v) is 3.45. The summed E-state index contributed by atoms with van der Waals surface area (Å²) in [6, 6.07) is 0.412. The second-order valence-electron chi connectivity index (χ2n) is 3.88. The van der Waals surface area contributed by atoms with Crippen molar-refractivity contribution in [1.82, 2.24) is 9.88 Å². The summed E-state index contributed by atoms with van der Waals surface area (Å²) in [6.45, 7) is 4.66. The van der Waals surface area contributed by atoms with Crippen molar-refractivity contribution in [2.75, 3.05) is 19.8 Å². The lowest BCUT2D eigenvalue weighted by molar-refractivity contribution is -0.0803. The van der Waals surface area contributed by atoms with Crippen LogP contribution in [0.5, 0.6) is 0 Å². The highest BCUT2D eigenvalue weighted by molar-refractivity contribution is 7.09. The Morgan fingerprint density at radius 1 is 1.73 bits per heavy atom. The van der Waals surface area contributed by atoms with Crippen molar-refractivity contribution < 1.29 is 9.84 Å². The van der Waals surface area contributed by atoms with E-state index in [0.29, 0.717) is 12.6 Å². The highest BCUT2D eigenvalue weighted by atomic mass is 32.1. The normalized spacial score (nSPS) is 28.1. The third kappa shape index (κ3) is 2.75. The molecule has 0 saturated carbocycles. The molecule has 2 atom stereocenters. The summed E-state index contributed by atoms with van der Waals surface area (Å²) in [5.41, 5.74) is 1.85. The second kappa shape index (κ2) is 5.03. The topological polar surface area (TPSA) is 45.6 Å². The molecule has 1 aliphatic rings. The van der Waals surface area contributed by atoms with E-state index in [-0.39, 0.29) is 12.7 Å².